The van der Waals surface area contributed by atoms with Crippen LogP contribution in [-0.2, 0) is 12.8 Å². The van der Waals surface area contributed by atoms with Crippen LogP contribution in [0.1, 0.15) is 5.56 Å². The van der Waals surface area contributed by atoms with E-state index < -0.39 is 0 Å². The van der Waals surface area contributed by atoms with Gasteiger partial charge in [0.25, 0.3) is 5.56 Å². The van der Waals surface area contributed by atoms with Crippen LogP contribution in [0.4, 0.5) is 4.39 Å². The average molecular weight is 250 g/mol. The van der Waals surface area contributed by atoms with Gasteiger partial charge in [0.15, 0.2) is 0 Å². The minimum Gasteiger partial charge on any atom is -0.267 e. The smallest absolute Gasteiger partial charge is 0.267 e. The maximum Gasteiger partial charge on any atom is 0.270 e. The van der Waals surface area contributed by atoms with E-state index in [1.165, 1.54) is 16.8 Å². The normalized spacial score (nSPS) is 10.5. The number of thiol groups is 1. The molecule has 0 fully saturated rings. The summed E-state index contributed by atoms with van der Waals surface area (Å²) >= 11 is 4.10. The molecule has 17 heavy (non-hydrogen) atoms. The number of aromatic nitrogens is 2. The predicted octanol–water partition coefficient (Wildman–Crippen LogP) is 2.02. The second-order valence-corrected chi connectivity index (χ2v) is 3.96. The molecule has 1 aromatic heterocycles. The summed E-state index contributed by atoms with van der Waals surface area (Å²) in [6.07, 6.45) is 0. The fraction of sp³-hybridized carbons (Fsp3) is 0.167. The van der Waals surface area contributed by atoms with Crippen molar-refractivity contribution >= 4 is 12.6 Å². The molecule has 0 spiro atoms. The molecular weight excluding hydrogens is 239 g/mol. The van der Waals surface area contributed by atoms with Crippen molar-refractivity contribution in [1.82, 2.24) is 9.78 Å². The van der Waals surface area contributed by atoms with Gasteiger partial charge < -0.3 is 0 Å². The zero-order valence-electron chi connectivity index (χ0n) is 9.22. The summed E-state index contributed by atoms with van der Waals surface area (Å²) in [6, 6.07) is 7.67. The van der Waals surface area contributed by atoms with Gasteiger partial charge in [0.1, 0.15) is 5.82 Å². The van der Waals surface area contributed by atoms with Gasteiger partial charge in [0.2, 0.25) is 0 Å². The quantitative estimate of drug-likeness (QED) is 0.827. The lowest BCUT2D eigenvalue weighted by Gasteiger charge is -2.05. The third-order valence-electron chi connectivity index (χ3n) is 2.45. The molecule has 0 aliphatic heterocycles. The number of halogens is 1. The number of nitrogens with zero attached hydrogens (tertiary/aromatic N) is 2. The van der Waals surface area contributed by atoms with Gasteiger partial charge in [-0.2, -0.15) is 17.7 Å². The molecule has 0 bridgehead atoms. The predicted molar refractivity (Wildman–Crippen MR) is 67.6 cm³/mol. The van der Waals surface area contributed by atoms with Crippen molar-refractivity contribution in [2.45, 2.75) is 5.75 Å². The van der Waals surface area contributed by atoms with Crippen molar-refractivity contribution in [2.24, 2.45) is 7.05 Å². The van der Waals surface area contributed by atoms with E-state index in [1.54, 1.807) is 25.2 Å². The van der Waals surface area contributed by atoms with Gasteiger partial charge in [-0.25, -0.2) is 9.07 Å². The summed E-state index contributed by atoms with van der Waals surface area (Å²) in [6.45, 7) is 0. The number of hydrogen-bond donors (Lipinski definition) is 1. The Morgan fingerprint density at radius 1 is 1.35 bits per heavy atom. The van der Waals surface area contributed by atoms with Gasteiger partial charge in [-0.3, -0.25) is 4.79 Å². The molecule has 1 aromatic carbocycles. The van der Waals surface area contributed by atoms with E-state index in [-0.39, 0.29) is 11.4 Å². The number of aryl methyl sites for hydroxylation is 1. The largest absolute Gasteiger partial charge is 0.270 e. The summed E-state index contributed by atoms with van der Waals surface area (Å²) < 4.78 is 14.1. The van der Waals surface area contributed by atoms with E-state index in [4.69, 9.17) is 0 Å². The fourth-order valence-electron chi connectivity index (χ4n) is 1.55. The molecular formula is C12H11FN2OS. The first kappa shape index (κ1) is 11.9. The van der Waals surface area contributed by atoms with Gasteiger partial charge in [-0.15, -0.1) is 0 Å². The Kier molecular flexibility index (Phi) is 3.28. The monoisotopic (exact) mass is 250 g/mol. The number of benzene rings is 1. The topological polar surface area (TPSA) is 34.9 Å². The van der Waals surface area contributed by atoms with Gasteiger partial charge in [0, 0.05) is 23.9 Å². The van der Waals surface area contributed by atoms with Crippen molar-refractivity contribution in [3.8, 4) is 11.3 Å². The lowest BCUT2D eigenvalue weighted by Crippen LogP contribution is -2.23. The molecule has 0 saturated heterocycles. The zero-order valence-corrected chi connectivity index (χ0v) is 10.1. The fourth-order valence-corrected chi connectivity index (χ4v) is 1.77. The highest BCUT2D eigenvalue weighted by Crippen LogP contribution is 2.17. The molecule has 5 heteroatoms. The van der Waals surface area contributed by atoms with Crippen LogP contribution in [0, 0.1) is 5.82 Å². The first-order valence-electron chi connectivity index (χ1n) is 5.06. The molecule has 0 aliphatic rings. The van der Waals surface area contributed by atoms with Crippen LogP contribution in [0.25, 0.3) is 11.3 Å². The summed E-state index contributed by atoms with van der Waals surface area (Å²) in [5, 5.41) is 4.13. The Morgan fingerprint density at radius 2 is 2.00 bits per heavy atom. The Hall–Kier alpha value is -1.62. The first-order valence-corrected chi connectivity index (χ1v) is 5.69. The molecule has 88 valence electrons. The van der Waals surface area contributed by atoms with E-state index in [0.717, 1.165) is 5.56 Å². The summed E-state index contributed by atoms with van der Waals surface area (Å²) in [5.74, 6) is 0.0524. The van der Waals surface area contributed by atoms with E-state index in [9.17, 15) is 9.18 Å². The number of hydrogen-bond acceptors (Lipinski definition) is 3. The Bertz CT molecular complexity index is 592. The van der Waals surface area contributed by atoms with E-state index in [2.05, 4.69) is 17.7 Å². The molecule has 0 saturated carbocycles. The highest BCUT2D eigenvalue weighted by molar-refractivity contribution is 7.79. The lowest BCUT2D eigenvalue weighted by atomic mass is 10.1. The molecule has 0 amide bonds. The minimum absolute atomic E-state index is 0.161. The maximum absolute atomic E-state index is 12.8. The van der Waals surface area contributed by atoms with Crippen LogP contribution in [-0.4, -0.2) is 9.78 Å². The number of rotatable bonds is 2. The second-order valence-electron chi connectivity index (χ2n) is 3.65. The summed E-state index contributed by atoms with van der Waals surface area (Å²) in [5.41, 5.74) is 1.82. The minimum atomic E-state index is -0.298. The molecule has 0 unspecified atom stereocenters. The van der Waals surface area contributed by atoms with Gasteiger partial charge in [-0.05, 0) is 30.3 Å². The SMILES string of the molecule is Cn1nc(-c2ccc(F)cc2)cc(CS)c1=O. The van der Waals surface area contributed by atoms with Crippen LogP contribution in [0.15, 0.2) is 35.1 Å². The van der Waals surface area contributed by atoms with E-state index in [1.807, 2.05) is 0 Å². The molecule has 2 rings (SSSR count). The zero-order chi connectivity index (χ0) is 12.4. The maximum atomic E-state index is 12.8. The van der Waals surface area contributed by atoms with Crippen LogP contribution in [0.5, 0.6) is 0 Å². The van der Waals surface area contributed by atoms with E-state index in [0.29, 0.717) is 17.0 Å². The first-order chi connectivity index (χ1) is 8.11. The van der Waals surface area contributed by atoms with Crippen LogP contribution < -0.4 is 5.56 Å². The van der Waals surface area contributed by atoms with Crippen molar-refractivity contribution in [1.29, 1.82) is 0 Å². The van der Waals surface area contributed by atoms with Crippen molar-refractivity contribution in [2.75, 3.05) is 0 Å². The van der Waals surface area contributed by atoms with Gasteiger partial charge in [0.05, 0.1) is 5.69 Å². The lowest BCUT2D eigenvalue weighted by molar-refractivity contribution is 0.628. The molecule has 0 aliphatic carbocycles. The molecule has 0 N–H and O–H groups in total. The average Bonchev–Trinajstić information content (AvgIpc) is 2.33. The standard InChI is InChI=1S/C12H11FN2OS/c1-15-12(16)9(7-17)6-11(14-15)8-2-4-10(13)5-3-8/h2-6,17H,7H2,1H3. The Balaban J connectivity index is 2.56. The Morgan fingerprint density at radius 3 is 2.59 bits per heavy atom. The third kappa shape index (κ3) is 2.39. The Labute approximate surface area is 103 Å². The highest BCUT2D eigenvalue weighted by atomic mass is 32.1. The van der Waals surface area contributed by atoms with Gasteiger partial charge in [-0.1, -0.05) is 0 Å². The summed E-state index contributed by atoms with van der Waals surface area (Å²) in [7, 11) is 1.59. The van der Waals surface area contributed by atoms with Crippen molar-refractivity contribution in [3.05, 3.63) is 52.1 Å². The van der Waals surface area contributed by atoms with E-state index >= 15 is 0 Å². The van der Waals surface area contributed by atoms with Gasteiger partial charge >= 0.3 is 0 Å². The molecule has 3 nitrogen and oxygen atoms in total. The highest BCUT2D eigenvalue weighted by Gasteiger charge is 2.06. The molecule has 0 radical (unpaired) electrons. The summed E-state index contributed by atoms with van der Waals surface area (Å²) in [4.78, 5) is 11.6. The van der Waals surface area contributed by atoms with Crippen LogP contribution >= 0.6 is 12.6 Å². The molecule has 2 aromatic rings. The van der Waals surface area contributed by atoms with Crippen LogP contribution in [0.3, 0.4) is 0 Å². The molecule has 0 atom stereocenters. The molecule has 1 heterocycles. The van der Waals surface area contributed by atoms with Crippen LogP contribution in [0.2, 0.25) is 0 Å². The van der Waals surface area contributed by atoms with Crippen molar-refractivity contribution < 1.29 is 4.39 Å². The third-order valence-corrected chi connectivity index (χ3v) is 2.79. The second kappa shape index (κ2) is 4.71. The van der Waals surface area contributed by atoms with Crippen molar-refractivity contribution in [3.63, 3.8) is 0 Å².